The van der Waals surface area contributed by atoms with Crippen LogP contribution in [0.1, 0.15) is 59.2 Å². The van der Waals surface area contributed by atoms with E-state index in [4.69, 9.17) is 4.74 Å². The van der Waals surface area contributed by atoms with Gasteiger partial charge in [-0.2, -0.15) is 0 Å². The number of anilines is 1. The third kappa shape index (κ3) is 6.79. The molecule has 0 spiro atoms. The Morgan fingerprint density at radius 1 is 0.973 bits per heavy atom. The Morgan fingerprint density at radius 2 is 1.68 bits per heavy atom. The number of benzene rings is 3. The van der Waals surface area contributed by atoms with Gasteiger partial charge in [0.25, 0.3) is 5.91 Å². The normalized spacial score (nSPS) is 14.2. The molecular weight excluding hydrogens is 464 g/mol. The number of rotatable bonds is 9. The van der Waals surface area contributed by atoms with Crippen LogP contribution in [-0.4, -0.2) is 37.2 Å². The second-order valence-electron chi connectivity index (χ2n) is 9.51. The van der Waals surface area contributed by atoms with Crippen molar-refractivity contribution in [1.82, 2.24) is 5.32 Å². The monoisotopic (exact) mass is 498 g/mol. The fraction of sp³-hybridized carbons (Fsp3) is 0.290. The number of hydrogen-bond acceptors (Lipinski definition) is 4. The Bertz CT molecular complexity index is 1260. The number of amides is 1. The molecule has 3 aromatic carbocycles. The number of ether oxygens (including phenoxy) is 1. The first-order valence-corrected chi connectivity index (χ1v) is 12.7. The van der Waals surface area contributed by atoms with Crippen molar-refractivity contribution in [2.24, 2.45) is 0 Å². The maximum absolute atomic E-state index is 12.8. The number of methoxy groups -OCH3 is 1. The van der Waals surface area contributed by atoms with E-state index < -0.39 is 5.97 Å². The molecule has 6 heteroatoms. The Kier molecular flexibility index (Phi) is 8.62. The highest BCUT2D eigenvalue weighted by molar-refractivity contribution is 5.99. The van der Waals surface area contributed by atoms with Gasteiger partial charge in [-0.3, -0.25) is 4.79 Å². The predicted molar refractivity (Wildman–Crippen MR) is 147 cm³/mol. The van der Waals surface area contributed by atoms with Gasteiger partial charge >= 0.3 is 5.97 Å². The van der Waals surface area contributed by atoms with Gasteiger partial charge < -0.3 is 20.1 Å². The van der Waals surface area contributed by atoms with E-state index in [2.05, 4.69) is 10.2 Å². The van der Waals surface area contributed by atoms with E-state index in [0.29, 0.717) is 17.7 Å². The minimum absolute atomic E-state index is 0.0827. The Morgan fingerprint density at radius 3 is 2.38 bits per heavy atom. The van der Waals surface area contributed by atoms with Crippen molar-refractivity contribution in [1.29, 1.82) is 0 Å². The zero-order valence-corrected chi connectivity index (χ0v) is 21.4. The first-order chi connectivity index (χ1) is 17.9. The quantitative estimate of drug-likeness (QED) is 0.359. The number of hydrogen-bond donors (Lipinski definition) is 2. The molecule has 192 valence electrons. The number of nitrogens with one attached hydrogen (secondary N) is 1. The first kappa shape index (κ1) is 26.0. The average Bonchev–Trinajstić information content (AvgIpc) is 2.92. The highest BCUT2D eigenvalue weighted by Gasteiger charge is 2.18. The summed E-state index contributed by atoms with van der Waals surface area (Å²) in [6.45, 7) is 0.620. The minimum atomic E-state index is -1.03. The summed E-state index contributed by atoms with van der Waals surface area (Å²) in [5.74, 6) is -0.321. The molecule has 0 aromatic heterocycles. The molecule has 2 N–H and O–H groups in total. The Hall–Kier alpha value is -4.06. The molecule has 0 aliphatic heterocycles. The van der Waals surface area contributed by atoms with E-state index in [-0.39, 0.29) is 11.9 Å². The van der Waals surface area contributed by atoms with Crippen LogP contribution in [0.4, 0.5) is 5.69 Å². The summed E-state index contributed by atoms with van der Waals surface area (Å²) in [6.07, 6.45) is 6.81. The third-order valence-corrected chi connectivity index (χ3v) is 6.83. The van der Waals surface area contributed by atoms with Crippen LogP contribution >= 0.6 is 0 Å². The highest BCUT2D eigenvalue weighted by Crippen LogP contribution is 2.32. The molecule has 1 aliphatic carbocycles. The second-order valence-corrected chi connectivity index (χ2v) is 9.51. The molecule has 1 fully saturated rings. The lowest BCUT2D eigenvalue weighted by molar-refractivity contribution is -0.131. The summed E-state index contributed by atoms with van der Waals surface area (Å²) in [5.41, 5.74) is 4.67. The molecule has 3 aromatic rings. The summed E-state index contributed by atoms with van der Waals surface area (Å²) < 4.78 is 5.35. The van der Waals surface area contributed by atoms with Crippen LogP contribution < -0.4 is 15.0 Å². The molecule has 1 aliphatic rings. The fourth-order valence-electron chi connectivity index (χ4n) is 4.92. The first-order valence-electron chi connectivity index (χ1n) is 12.7. The van der Waals surface area contributed by atoms with Gasteiger partial charge in [-0.1, -0.05) is 61.7 Å². The third-order valence-electron chi connectivity index (χ3n) is 6.83. The summed E-state index contributed by atoms with van der Waals surface area (Å²) in [4.78, 5) is 26.7. The number of nitrogens with zero attached hydrogens (tertiary/aromatic N) is 1. The Balaban J connectivity index is 1.59. The smallest absolute Gasteiger partial charge is 0.328 e. The van der Waals surface area contributed by atoms with E-state index in [1.54, 1.807) is 19.2 Å². The number of carboxylic acids is 1. The molecule has 6 nitrogen and oxygen atoms in total. The van der Waals surface area contributed by atoms with Gasteiger partial charge in [-0.05, 0) is 59.9 Å². The number of carboxylic acid groups (broad SMARTS) is 1. The van der Waals surface area contributed by atoms with E-state index in [0.717, 1.165) is 53.8 Å². The van der Waals surface area contributed by atoms with Gasteiger partial charge in [-0.15, -0.1) is 0 Å². The van der Waals surface area contributed by atoms with Crippen molar-refractivity contribution < 1.29 is 19.4 Å². The number of aliphatic carboxylic acids is 1. The van der Waals surface area contributed by atoms with Crippen LogP contribution in [0.25, 0.3) is 5.57 Å². The SMILES string of the molecule is COc1cccc(CN(C)c2ccccc2/C(=C/C(=O)O)c2ccc(C(=O)NC3CCCCC3)cc2)c1. The van der Waals surface area contributed by atoms with Gasteiger partial charge in [0.1, 0.15) is 5.75 Å². The molecule has 0 unspecified atom stereocenters. The van der Waals surface area contributed by atoms with E-state index in [1.165, 1.54) is 12.5 Å². The second kappa shape index (κ2) is 12.3. The van der Waals surface area contributed by atoms with Crippen molar-refractivity contribution >= 4 is 23.1 Å². The standard InChI is InChI=1S/C31H34N2O4/c1-33(21-22-9-8-12-26(19-22)37-2)29-14-7-6-13-27(29)28(20-30(34)35)23-15-17-24(18-16-23)31(36)32-25-10-4-3-5-11-25/h6-9,12-20,25H,3-5,10-11,21H2,1-2H3,(H,32,36)(H,34,35)/b28-20+. The van der Waals surface area contributed by atoms with Crippen molar-refractivity contribution in [3.63, 3.8) is 0 Å². The van der Waals surface area contributed by atoms with Gasteiger partial charge in [0.2, 0.25) is 0 Å². The van der Waals surface area contributed by atoms with Crippen molar-refractivity contribution in [2.75, 3.05) is 19.1 Å². The number of carbonyl (C=O) groups is 2. The molecule has 37 heavy (non-hydrogen) atoms. The molecule has 0 radical (unpaired) electrons. The summed E-state index contributed by atoms with van der Waals surface area (Å²) in [5, 5.41) is 12.8. The lowest BCUT2D eigenvalue weighted by Gasteiger charge is -2.24. The minimum Gasteiger partial charge on any atom is -0.497 e. The predicted octanol–water partition coefficient (Wildman–Crippen LogP) is 5.91. The lowest BCUT2D eigenvalue weighted by Crippen LogP contribution is -2.36. The highest BCUT2D eigenvalue weighted by atomic mass is 16.5. The zero-order valence-electron chi connectivity index (χ0n) is 21.4. The van der Waals surface area contributed by atoms with Crippen LogP contribution in [0, 0.1) is 0 Å². The van der Waals surface area contributed by atoms with Gasteiger partial charge in [0.15, 0.2) is 0 Å². The van der Waals surface area contributed by atoms with E-state index >= 15 is 0 Å². The van der Waals surface area contributed by atoms with E-state index in [1.807, 2.05) is 67.7 Å². The fourth-order valence-corrected chi connectivity index (χ4v) is 4.92. The van der Waals surface area contributed by atoms with Crippen LogP contribution in [0.15, 0.2) is 78.9 Å². The molecule has 0 atom stereocenters. The van der Waals surface area contributed by atoms with Crippen LogP contribution in [-0.2, 0) is 11.3 Å². The maximum atomic E-state index is 12.8. The van der Waals surface area contributed by atoms with Crippen molar-refractivity contribution in [2.45, 2.75) is 44.7 Å². The zero-order chi connectivity index (χ0) is 26.2. The molecular formula is C31H34N2O4. The molecule has 0 bridgehead atoms. The molecule has 1 amide bonds. The summed E-state index contributed by atoms with van der Waals surface area (Å²) >= 11 is 0. The Labute approximate surface area is 218 Å². The topological polar surface area (TPSA) is 78.9 Å². The van der Waals surface area contributed by atoms with Crippen LogP contribution in [0.2, 0.25) is 0 Å². The average molecular weight is 499 g/mol. The summed E-state index contributed by atoms with van der Waals surface area (Å²) in [7, 11) is 3.63. The molecule has 0 saturated heterocycles. The molecule has 0 heterocycles. The van der Waals surface area contributed by atoms with E-state index in [9.17, 15) is 14.7 Å². The van der Waals surface area contributed by atoms with Gasteiger partial charge in [0, 0.05) is 42.5 Å². The summed E-state index contributed by atoms with van der Waals surface area (Å²) in [6, 6.07) is 23.1. The number of para-hydroxylation sites is 1. The number of carbonyl (C=O) groups excluding carboxylic acids is 1. The van der Waals surface area contributed by atoms with Crippen molar-refractivity contribution in [3.8, 4) is 5.75 Å². The molecule has 1 saturated carbocycles. The van der Waals surface area contributed by atoms with Gasteiger partial charge in [0.05, 0.1) is 7.11 Å². The van der Waals surface area contributed by atoms with Crippen LogP contribution in [0.3, 0.4) is 0 Å². The maximum Gasteiger partial charge on any atom is 0.328 e. The lowest BCUT2D eigenvalue weighted by atomic mass is 9.94. The van der Waals surface area contributed by atoms with Crippen molar-refractivity contribution in [3.05, 3.63) is 101 Å². The van der Waals surface area contributed by atoms with Crippen LogP contribution in [0.5, 0.6) is 5.75 Å². The largest absolute Gasteiger partial charge is 0.497 e. The van der Waals surface area contributed by atoms with Gasteiger partial charge in [-0.25, -0.2) is 4.79 Å². The molecule has 4 rings (SSSR count).